The average molecular weight is 359 g/mol. The van der Waals surface area contributed by atoms with Crippen LogP contribution >= 0.6 is 0 Å². The van der Waals surface area contributed by atoms with E-state index in [-0.39, 0.29) is 0 Å². The number of benzene rings is 3. The molecule has 0 aromatic heterocycles. The summed E-state index contributed by atoms with van der Waals surface area (Å²) >= 11 is 0. The van der Waals surface area contributed by atoms with Crippen LogP contribution in [0, 0.1) is 0 Å². The Hall–Kier alpha value is -2.54. The van der Waals surface area contributed by atoms with Gasteiger partial charge < -0.3 is 5.11 Å². The predicted octanol–water partition coefficient (Wildman–Crippen LogP) is 6.86. The summed E-state index contributed by atoms with van der Waals surface area (Å²) < 4.78 is 0. The van der Waals surface area contributed by atoms with Crippen molar-refractivity contribution in [2.45, 2.75) is 51.4 Å². The van der Waals surface area contributed by atoms with E-state index >= 15 is 0 Å². The molecular weight excluding hydrogens is 328 g/mol. The van der Waals surface area contributed by atoms with Gasteiger partial charge in [-0.15, -0.1) is 0 Å². The Morgan fingerprint density at radius 2 is 1.00 bits per heavy atom. The van der Waals surface area contributed by atoms with Crippen LogP contribution in [0.15, 0.2) is 78.9 Å². The van der Waals surface area contributed by atoms with Crippen molar-refractivity contribution in [3.63, 3.8) is 0 Å². The summed E-state index contributed by atoms with van der Waals surface area (Å²) in [5.41, 5.74) is 4.82. The van der Waals surface area contributed by atoms with Gasteiger partial charge in [0.05, 0.1) is 0 Å². The third kappa shape index (κ3) is 4.80. The van der Waals surface area contributed by atoms with Gasteiger partial charge in [0.15, 0.2) is 0 Å². The van der Waals surface area contributed by atoms with E-state index in [1.165, 1.54) is 11.1 Å². The van der Waals surface area contributed by atoms with Gasteiger partial charge in [-0.2, -0.15) is 0 Å². The molecule has 2 atom stereocenters. The van der Waals surface area contributed by atoms with E-state index < -0.39 is 0 Å². The van der Waals surface area contributed by atoms with Gasteiger partial charge in [0, 0.05) is 0 Å². The minimum atomic E-state index is 0.434. The van der Waals surface area contributed by atoms with Crippen LogP contribution < -0.4 is 0 Å². The Labute approximate surface area is 163 Å². The van der Waals surface area contributed by atoms with E-state index in [0.717, 1.165) is 36.8 Å². The van der Waals surface area contributed by atoms with Crippen molar-refractivity contribution in [1.82, 2.24) is 0 Å². The second kappa shape index (κ2) is 9.41. The fourth-order valence-electron chi connectivity index (χ4n) is 3.95. The zero-order valence-electron chi connectivity index (χ0n) is 16.4. The quantitative estimate of drug-likeness (QED) is 0.466. The topological polar surface area (TPSA) is 20.2 Å². The number of phenolic OH excluding ortho intramolecular Hbond substituents is 1. The molecule has 2 unspecified atom stereocenters. The minimum Gasteiger partial charge on any atom is -0.507 e. The van der Waals surface area contributed by atoms with E-state index in [2.05, 4.69) is 92.7 Å². The highest BCUT2D eigenvalue weighted by Crippen LogP contribution is 2.33. The monoisotopic (exact) mass is 358 g/mol. The lowest BCUT2D eigenvalue weighted by Crippen LogP contribution is -2.05. The van der Waals surface area contributed by atoms with E-state index in [1.807, 2.05) is 0 Å². The number of rotatable bonds is 8. The zero-order valence-corrected chi connectivity index (χ0v) is 16.4. The SMILES string of the molecule is CCC(Cc1cccc(CC(CC)c2ccccc2)c1O)c1ccccc1. The van der Waals surface area contributed by atoms with Gasteiger partial charge in [-0.05, 0) is 59.8 Å². The Kier molecular flexibility index (Phi) is 6.70. The number of hydrogen-bond acceptors (Lipinski definition) is 1. The summed E-state index contributed by atoms with van der Waals surface area (Å²) in [5, 5.41) is 11.0. The molecule has 0 radical (unpaired) electrons. The third-order valence-corrected chi connectivity index (χ3v) is 5.66. The molecule has 0 saturated carbocycles. The highest BCUT2D eigenvalue weighted by molar-refractivity contribution is 5.42. The Bertz CT molecular complexity index is 756. The van der Waals surface area contributed by atoms with Crippen LogP contribution in [-0.2, 0) is 12.8 Å². The Morgan fingerprint density at radius 1 is 0.593 bits per heavy atom. The molecule has 1 heteroatoms. The predicted molar refractivity (Wildman–Crippen MR) is 114 cm³/mol. The molecule has 140 valence electrons. The highest BCUT2D eigenvalue weighted by atomic mass is 16.3. The largest absolute Gasteiger partial charge is 0.507 e. The molecule has 3 rings (SSSR count). The summed E-state index contributed by atoms with van der Waals surface area (Å²) in [6.07, 6.45) is 3.88. The first kappa shape index (κ1) is 19.2. The van der Waals surface area contributed by atoms with Crippen molar-refractivity contribution in [2.24, 2.45) is 0 Å². The molecule has 0 spiro atoms. The normalized spacial score (nSPS) is 13.3. The second-order valence-electron chi connectivity index (χ2n) is 7.36. The van der Waals surface area contributed by atoms with Crippen molar-refractivity contribution in [3.05, 3.63) is 101 Å². The molecule has 1 nitrogen and oxygen atoms in total. The maximum atomic E-state index is 11.0. The maximum Gasteiger partial charge on any atom is 0.121 e. The van der Waals surface area contributed by atoms with Gasteiger partial charge in [-0.25, -0.2) is 0 Å². The van der Waals surface area contributed by atoms with Gasteiger partial charge in [0.1, 0.15) is 5.75 Å². The highest BCUT2D eigenvalue weighted by Gasteiger charge is 2.17. The average Bonchev–Trinajstić information content (AvgIpc) is 2.73. The molecular formula is C26H30O. The first-order valence-corrected chi connectivity index (χ1v) is 10.1. The summed E-state index contributed by atoms with van der Waals surface area (Å²) in [5.74, 6) is 1.35. The van der Waals surface area contributed by atoms with Crippen molar-refractivity contribution in [2.75, 3.05) is 0 Å². The van der Waals surface area contributed by atoms with Crippen molar-refractivity contribution in [1.29, 1.82) is 0 Å². The summed E-state index contributed by atoms with van der Waals surface area (Å²) in [4.78, 5) is 0. The molecule has 3 aromatic carbocycles. The van der Waals surface area contributed by atoms with E-state index in [4.69, 9.17) is 0 Å². The van der Waals surface area contributed by atoms with Gasteiger partial charge in [0.2, 0.25) is 0 Å². The standard InChI is InChI=1S/C26H30O/c1-3-20(22-12-7-5-8-13-22)18-24-16-11-17-25(26(24)27)19-21(4-2)23-14-9-6-10-15-23/h5-17,20-21,27H,3-4,18-19H2,1-2H3. The Balaban J connectivity index is 1.81. The molecule has 3 aromatic rings. The fraction of sp³-hybridized carbons (Fsp3) is 0.308. The van der Waals surface area contributed by atoms with Gasteiger partial charge in [-0.1, -0.05) is 92.7 Å². The van der Waals surface area contributed by atoms with E-state index in [1.54, 1.807) is 0 Å². The molecule has 0 amide bonds. The molecule has 0 aliphatic heterocycles. The molecule has 0 bridgehead atoms. The van der Waals surface area contributed by atoms with Crippen molar-refractivity contribution >= 4 is 0 Å². The lowest BCUT2D eigenvalue weighted by Gasteiger charge is -2.20. The minimum absolute atomic E-state index is 0.434. The zero-order chi connectivity index (χ0) is 19.1. The molecule has 0 aliphatic carbocycles. The van der Waals surface area contributed by atoms with E-state index in [0.29, 0.717) is 17.6 Å². The van der Waals surface area contributed by atoms with E-state index in [9.17, 15) is 5.11 Å². The number of aromatic hydroxyl groups is 1. The number of hydrogen-bond donors (Lipinski definition) is 1. The van der Waals surface area contributed by atoms with Crippen LogP contribution in [0.25, 0.3) is 0 Å². The van der Waals surface area contributed by atoms with Crippen LogP contribution in [-0.4, -0.2) is 5.11 Å². The fourth-order valence-corrected chi connectivity index (χ4v) is 3.95. The number of para-hydroxylation sites is 1. The van der Waals surface area contributed by atoms with Crippen LogP contribution in [0.5, 0.6) is 5.75 Å². The summed E-state index contributed by atoms with van der Waals surface area (Å²) in [6, 6.07) is 27.5. The van der Waals surface area contributed by atoms with Crippen molar-refractivity contribution < 1.29 is 5.11 Å². The molecule has 0 aliphatic rings. The van der Waals surface area contributed by atoms with Gasteiger partial charge in [-0.3, -0.25) is 0 Å². The molecule has 0 fully saturated rings. The smallest absolute Gasteiger partial charge is 0.121 e. The lowest BCUT2D eigenvalue weighted by molar-refractivity contribution is 0.453. The first-order chi connectivity index (χ1) is 13.2. The van der Waals surface area contributed by atoms with Gasteiger partial charge >= 0.3 is 0 Å². The first-order valence-electron chi connectivity index (χ1n) is 10.1. The molecule has 0 heterocycles. The third-order valence-electron chi connectivity index (χ3n) is 5.66. The summed E-state index contributed by atoms with van der Waals surface area (Å²) in [7, 11) is 0. The molecule has 27 heavy (non-hydrogen) atoms. The Morgan fingerprint density at radius 3 is 1.37 bits per heavy atom. The molecule has 0 saturated heterocycles. The maximum absolute atomic E-state index is 11.0. The molecule has 1 N–H and O–H groups in total. The van der Waals surface area contributed by atoms with Crippen molar-refractivity contribution in [3.8, 4) is 5.75 Å². The van der Waals surface area contributed by atoms with Crippen LogP contribution in [0.4, 0.5) is 0 Å². The number of phenols is 1. The van der Waals surface area contributed by atoms with Crippen LogP contribution in [0.2, 0.25) is 0 Å². The van der Waals surface area contributed by atoms with Crippen LogP contribution in [0.1, 0.15) is 60.8 Å². The second-order valence-corrected chi connectivity index (χ2v) is 7.36. The van der Waals surface area contributed by atoms with Gasteiger partial charge in [0.25, 0.3) is 0 Å². The summed E-state index contributed by atoms with van der Waals surface area (Å²) in [6.45, 7) is 4.45. The van der Waals surface area contributed by atoms with Crippen LogP contribution in [0.3, 0.4) is 0 Å². The lowest BCUT2D eigenvalue weighted by atomic mass is 9.86.